The van der Waals surface area contributed by atoms with Crippen molar-refractivity contribution in [2.24, 2.45) is 0 Å². The lowest BCUT2D eigenvalue weighted by Crippen LogP contribution is -2.29. The number of fused-ring (bicyclic) bond motifs is 1. The van der Waals surface area contributed by atoms with Crippen LogP contribution in [-0.2, 0) is 29.3 Å². The standard InChI is InChI=1S/C22H23N3O3S2/c1-2-30(27,28)18-10-8-17(9-11-18)21(26)24-22-23-19-12-13-25(15-20(19)29-22)14-16-6-4-3-5-7-16/h3-11H,2,12-15H2,1H3,(H,23,24,26). The summed E-state index contributed by atoms with van der Waals surface area (Å²) in [4.78, 5) is 20.9. The maximum Gasteiger partial charge on any atom is 0.257 e. The van der Waals surface area contributed by atoms with E-state index in [0.717, 1.165) is 31.7 Å². The number of carbonyl (C=O) groups excluding carboxylic acids is 1. The number of amides is 1. The molecule has 2 heterocycles. The highest BCUT2D eigenvalue weighted by Crippen LogP contribution is 2.29. The van der Waals surface area contributed by atoms with Crippen LogP contribution >= 0.6 is 11.3 Å². The molecule has 4 rings (SSSR count). The zero-order chi connectivity index (χ0) is 21.1. The van der Waals surface area contributed by atoms with Crippen molar-refractivity contribution < 1.29 is 13.2 Å². The summed E-state index contributed by atoms with van der Waals surface area (Å²) in [6.45, 7) is 4.25. The molecule has 1 aliphatic heterocycles. The molecule has 0 saturated carbocycles. The largest absolute Gasteiger partial charge is 0.298 e. The molecule has 1 aliphatic rings. The third-order valence-corrected chi connectivity index (χ3v) is 7.88. The summed E-state index contributed by atoms with van der Waals surface area (Å²) in [5, 5.41) is 3.43. The van der Waals surface area contributed by atoms with E-state index in [1.807, 2.05) is 6.07 Å². The third-order valence-electron chi connectivity index (χ3n) is 5.14. The van der Waals surface area contributed by atoms with E-state index >= 15 is 0 Å². The van der Waals surface area contributed by atoms with Gasteiger partial charge in [-0.05, 0) is 29.8 Å². The average Bonchev–Trinajstić information content (AvgIpc) is 3.16. The van der Waals surface area contributed by atoms with Crippen molar-refractivity contribution in [1.82, 2.24) is 9.88 Å². The molecule has 156 valence electrons. The molecule has 1 amide bonds. The summed E-state index contributed by atoms with van der Waals surface area (Å²) >= 11 is 1.50. The number of sulfone groups is 1. The molecule has 6 nitrogen and oxygen atoms in total. The average molecular weight is 442 g/mol. The lowest BCUT2D eigenvalue weighted by atomic mass is 10.1. The fraction of sp³-hybridized carbons (Fsp3) is 0.273. The van der Waals surface area contributed by atoms with Crippen molar-refractivity contribution >= 4 is 32.2 Å². The number of benzene rings is 2. The van der Waals surface area contributed by atoms with E-state index in [-0.39, 0.29) is 16.6 Å². The minimum atomic E-state index is -3.28. The van der Waals surface area contributed by atoms with Crippen molar-refractivity contribution in [2.45, 2.75) is 31.3 Å². The first-order valence-corrected chi connectivity index (χ1v) is 12.3. The summed E-state index contributed by atoms with van der Waals surface area (Å²) in [5.41, 5.74) is 2.74. The SMILES string of the molecule is CCS(=O)(=O)c1ccc(C(=O)Nc2nc3c(s2)CN(Cc2ccccc2)CC3)cc1. The minimum absolute atomic E-state index is 0.0322. The van der Waals surface area contributed by atoms with Crippen LogP contribution in [0.2, 0.25) is 0 Å². The van der Waals surface area contributed by atoms with Gasteiger partial charge in [-0.25, -0.2) is 13.4 Å². The van der Waals surface area contributed by atoms with E-state index in [1.165, 1.54) is 46.0 Å². The first kappa shape index (κ1) is 20.7. The summed E-state index contributed by atoms with van der Waals surface area (Å²) in [7, 11) is -3.28. The number of anilines is 1. The highest BCUT2D eigenvalue weighted by atomic mass is 32.2. The second-order valence-corrected chi connectivity index (χ2v) is 10.6. The molecule has 8 heteroatoms. The quantitative estimate of drug-likeness (QED) is 0.630. The Labute approximate surface area is 180 Å². The number of nitrogens with one attached hydrogen (secondary N) is 1. The smallest absolute Gasteiger partial charge is 0.257 e. The number of hydrogen-bond donors (Lipinski definition) is 1. The van der Waals surface area contributed by atoms with Gasteiger partial charge in [0.2, 0.25) is 0 Å². The van der Waals surface area contributed by atoms with E-state index < -0.39 is 9.84 Å². The number of carbonyl (C=O) groups is 1. The molecule has 0 spiro atoms. The van der Waals surface area contributed by atoms with Gasteiger partial charge >= 0.3 is 0 Å². The van der Waals surface area contributed by atoms with Crippen LogP contribution in [0.15, 0.2) is 59.5 Å². The van der Waals surface area contributed by atoms with E-state index in [2.05, 4.69) is 39.5 Å². The van der Waals surface area contributed by atoms with Crippen LogP contribution in [0.3, 0.4) is 0 Å². The van der Waals surface area contributed by atoms with E-state index in [1.54, 1.807) is 6.92 Å². The summed E-state index contributed by atoms with van der Waals surface area (Å²) in [5.74, 6) is -0.257. The van der Waals surface area contributed by atoms with E-state index in [4.69, 9.17) is 0 Å². The Balaban J connectivity index is 1.41. The molecule has 0 unspecified atom stereocenters. The van der Waals surface area contributed by atoms with E-state index in [9.17, 15) is 13.2 Å². The van der Waals surface area contributed by atoms with Crippen molar-refractivity contribution in [1.29, 1.82) is 0 Å². The third kappa shape index (κ3) is 4.61. The van der Waals surface area contributed by atoms with Gasteiger partial charge in [0.25, 0.3) is 5.91 Å². The first-order chi connectivity index (χ1) is 14.4. The Morgan fingerprint density at radius 3 is 2.57 bits per heavy atom. The molecule has 1 aromatic heterocycles. The Bertz CT molecular complexity index is 1140. The number of nitrogens with zero attached hydrogens (tertiary/aromatic N) is 2. The van der Waals surface area contributed by atoms with Crippen LogP contribution < -0.4 is 5.32 Å². The van der Waals surface area contributed by atoms with Gasteiger partial charge in [-0.2, -0.15) is 0 Å². The van der Waals surface area contributed by atoms with Crippen LogP contribution in [0.25, 0.3) is 0 Å². The molecule has 0 bridgehead atoms. The molecule has 0 radical (unpaired) electrons. The van der Waals surface area contributed by atoms with Gasteiger partial charge in [-0.1, -0.05) is 37.3 Å². The Morgan fingerprint density at radius 2 is 1.87 bits per heavy atom. The Hall–Kier alpha value is -2.55. The summed E-state index contributed by atoms with van der Waals surface area (Å²) in [6, 6.07) is 16.4. The molecule has 0 aliphatic carbocycles. The lowest BCUT2D eigenvalue weighted by Gasteiger charge is -2.25. The molecule has 2 aromatic carbocycles. The van der Waals surface area contributed by atoms with Crippen molar-refractivity contribution in [3.8, 4) is 0 Å². The van der Waals surface area contributed by atoms with Crippen LogP contribution in [-0.4, -0.2) is 36.5 Å². The van der Waals surface area contributed by atoms with Crippen LogP contribution in [0.1, 0.15) is 33.4 Å². The monoisotopic (exact) mass is 441 g/mol. The van der Waals surface area contributed by atoms with Crippen molar-refractivity contribution in [2.75, 3.05) is 17.6 Å². The molecular formula is C22H23N3O3S2. The molecule has 1 N–H and O–H groups in total. The minimum Gasteiger partial charge on any atom is -0.298 e. The van der Waals surface area contributed by atoms with Gasteiger partial charge in [0, 0.05) is 36.5 Å². The molecule has 0 atom stereocenters. The molecule has 0 saturated heterocycles. The highest BCUT2D eigenvalue weighted by molar-refractivity contribution is 7.91. The van der Waals surface area contributed by atoms with Crippen molar-refractivity contribution in [3.05, 3.63) is 76.3 Å². The highest BCUT2D eigenvalue weighted by Gasteiger charge is 2.22. The zero-order valence-corrected chi connectivity index (χ0v) is 18.3. The number of aromatic nitrogens is 1. The predicted molar refractivity (Wildman–Crippen MR) is 118 cm³/mol. The normalized spacial score (nSPS) is 14.3. The first-order valence-electron chi connectivity index (χ1n) is 9.83. The number of thiazole rings is 1. The lowest BCUT2D eigenvalue weighted by molar-refractivity contribution is 0.102. The summed E-state index contributed by atoms with van der Waals surface area (Å²) in [6.07, 6.45) is 0.859. The Morgan fingerprint density at radius 1 is 1.13 bits per heavy atom. The van der Waals surface area contributed by atoms with E-state index in [0.29, 0.717) is 10.7 Å². The van der Waals surface area contributed by atoms with Gasteiger partial charge in [0.05, 0.1) is 16.3 Å². The van der Waals surface area contributed by atoms with Gasteiger partial charge in [-0.15, -0.1) is 11.3 Å². The Kier molecular flexibility index (Phi) is 5.99. The fourth-order valence-electron chi connectivity index (χ4n) is 3.43. The maximum absolute atomic E-state index is 12.6. The van der Waals surface area contributed by atoms with Crippen LogP contribution in [0.5, 0.6) is 0 Å². The molecule has 30 heavy (non-hydrogen) atoms. The molecule has 3 aromatic rings. The summed E-state index contributed by atoms with van der Waals surface area (Å²) < 4.78 is 23.8. The zero-order valence-electron chi connectivity index (χ0n) is 16.7. The second kappa shape index (κ2) is 8.67. The predicted octanol–water partition coefficient (Wildman–Crippen LogP) is 3.75. The maximum atomic E-state index is 12.6. The number of hydrogen-bond acceptors (Lipinski definition) is 6. The van der Waals surface area contributed by atoms with Gasteiger partial charge in [0.15, 0.2) is 15.0 Å². The van der Waals surface area contributed by atoms with Gasteiger partial charge in [-0.3, -0.25) is 15.0 Å². The van der Waals surface area contributed by atoms with Crippen molar-refractivity contribution in [3.63, 3.8) is 0 Å². The molecule has 0 fully saturated rings. The molecular weight excluding hydrogens is 418 g/mol. The number of rotatable bonds is 6. The second-order valence-electron chi connectivity index (χ2n) is 7.22. The van der Waals surface area contributed by atoms with Gasteiger partial charge < -0.3 is 0 Å². The van der Waals surface area contributed by atoms with Crippen LogP contribution in [0.4, 0.5) is 5.13 Å². The van der Waals surface area contributed by atoms with Gasteiger partial charge in [0.1, 0.15) is 0 Å². The topological polar surface area (TPSA) is 79.4 Å². The fourth-order valence-corrected chi connectivity index (χ4v) is 5.36. The van der Waals surface area contributed by atoms with Crippen LogP contribution in [0, 0.1) is 0 Å².